The summed E-state index contributed by atoms with van der Waals surface area (Å²) < 4.78 is 0. The van der Waals surface area contributed by atoms with E-state index < -0.39 is 5.41 Å². The Morgan fingerprint density at radius 1 is 1.15 bits per heavy atom. The molecule has 0 saturated heterocycles. The first-order valence-electron chi connectivity index (χ1n) is 9.38. The van der Waals surface area contributed by atoms with Crippen LogP contribution in [0.5, 0.6) is 0 Å². The lowest BCUT2D eigenvalue weighted by atomic mass is 9.49. The molecule has 7 heteroatoms. The molecule has 0 unspecified atom stereocenters. The van der Waals surface area contributed by atoms with Crippen molar-refractivity contribution in [3.8, 4) is 0 Å². The molecule has 4 saturated carbocycles. The van der Waals surface area contributed by atoms with Gasteiger partial charge in [-0.05, 0) is 62.5 Å². The zero-order chi connectivity index (χ0) is 19.4. The van der Waals surface area contributed by atoms with Crippen molar-refractivity contribution in [3.05, 3.63) is 28.2 Å². The largest absolute Gasteiger partial charge is 0.336 e. The Labute approximate surface area is 174 Å². The number of nitrogens with one attached hydrogen (secondary N) is 1. The Kier molecular flexibility index (Phi) is 4.89. The summed E-state index contributed by atoms with van der Waals surface area (Å²) in [5, 5.41) is 3.46. The van der Waals surface area contributed by atoms with E-state index in [1.165, 1.54) is 11.3 Å². The summed E-state index contributed by atoms with van der Waals surface area (Å²) in [5.41, 5.74) is -0.0238. The standard InChI is InChI=1S/C20H23Cl3N2O2/c1-25(10-16(26)24-17-14(21)3-2-4-15(17)22)18(27)19-6-12-5-13(7-19)9-20(23,8-12)11-19/h2-4,12-13H,5-11H2,1H3,(H,24,26)/t12-,13-,19?,20?/m1/s1. The number of benzene rings is 1. The Bertz CT molecular complexity index is 763. The number of carbonyl (C=O) groups is 2. The highest BCUT2D eigenvalue weighted by molar-refractivity contribution is 6.39. The van der Waals surface area contributed by atoms with Gasteiger partial charge in [0.05, 0.1) is 27.7 Å². The van der Waals surface area contributed by atoms with E-state index in [1.54, 1.807) is 25.2 Å². The molecule has 0 aromatic heterocycles. The maximum atomic E-state index is 13.3. The highest BCUT2D eigenvalue weighted by Crippen LogP contribution is 2.64. The molecule has 4 fully saturated rings. The van der Waals surface area contributed by atoms with Crippen molar-refractivity contribution >= 4 is 52.3 Å². The molecule has 4 nitrogen and oxygen atoms in total. The Morgan fingerprint density at radius 2 is 1.74 bits per heavy atom. The zero-order valence-corrected chi connectivity index (χ0v) is 17.5. The highest BCUT2D eigenvalue weighted by atomic mass is 35.5. The third-order valence-electron chi connectivity index (χ3n) is 6.40. The molecule has 0 spiro atoms. The van der Waals surface area contributed by atoms with E-state index >= 15 is 0 Å². The molecule has 4 aliphatic rings. The molecule has 1 aromatic rings. The van der Waals surface area contributed by atoms with Crippen molar-refractivity contribution in [1.82, 2.24) is 4.90 Å². The minimum absolute atomic E-state index is 0.0350. The Balaban J connectivity index is 1.45. The van der Waals surface area contributed by atoms with Crippen molar-refractivity contribution in [2.75, 3.05) is 18.9 Å². The number of para-hydroxylation sites is 1. The SMILES string of the molecule is CN(CC(=O)Nc1c(Cl)cccc1Cl)C(=O)C12C[C@H]3C[C@@H](CC(Cl)(C3)C1)C2. The van der Waals surface area contributed by atoms with Crippen LogP contribution in [0, 0.1) is 17.3 Å². The second kappa shape index (κ2) is 6.82. The lowest BCUT2D eigenvalue weighted by molar-refractivity contribution is -0.155. The maximum absolute atomic E-state index is 13.3. The van der Waals surface area contributed by atoms with E-state index in [0.717, 1.165) is 32.1 Å². The predicted octanol–water partition coefficient (Wildman–Crippen LogP) is 4.97. The summed E-state index contributed by atoms with van der Waals surface area (Å²) >= 11 is 19.0. The van der Waals surface area contributed by atoms with Gasteiger partial charge < -0.3 is 10.2 Å². The Morgan fingerprint density at radius 3 is 2.30 bits per heavy atom. The molecule has 5 rings (SSSR count). The van der Waals surface area contributed by atoms with Gasteiger partial charge in [-0.15, -0.1) is 11.6 Å². The number of likely N-dealkylation sites (N-methyl/N-ethyl adjacent to an activating group) is 1. The van der Waals surface area contributed by atoms with E-state index in [4.69, 9.17) is 34.8 Å². The van der Waals surface area contributed by atoms with Crippen molar-refractivity contribution in [2.24, 2.45) is 17.3 Å². The average Bonchev–Trinajstić information content (AvgIpc) is 2.55. The van der Waals surface area contributed by atoms with E-state index in [0.29, 0.717) is 27.6 Å². The molecular weight excluding hydrogens is 407 g/mol. The first-order valence-corrected chi connectivity index (χ1v) is 10.5. The van der Waals surface area contributed by atoms with Gasteiger partial charge >= 0.3 is 0 Å². The van der Waals surface area contributed by atoms with Crippen LogP contribution in [0.2, 0.25) is 10.0 Å². The smallest absolute Gasteiger partial charge is 0.244 e. The van der Waals surface area contributed by atoms with Crippen LogP contribution in [0.4, 0.5) is 5.69 Å². The topological polar surface area (TPSA) is 49.4 Å². The number of hydrogen-bond donors (Lipinski definition) is 1. The van der Waals surface area contributed by atoms with Crippen molar-refractivity contribution in [1.29, 1.82) is 0 Å². The van der Waals surface area contributed by atoms with Gasteiger partial charge in [0.15, 0.2) is 0 Å². The molecule has 0 aliphatic heterocycles. The molecule has 4 aliphatic carbocycles. The maximum Gasteiger partial charge on any atom is 0.244 e. The van der Waals surface area contributed by atoms with Gasteiger partial charge in [-0.3, -0.25) is 9.59 Å². The normalized spacial score (nSPS) is 33.8. The van der Waals surface area contributed by atoms with E-state index in [1.807, 2.05) is 0 Å². The number of halogens is 3. The van der Waals surface area contributed by atoms with Crippen molar-refractivity contribution in [3.63, 3.8) is 0 Å². The molecule has 2 atom stereocenters. The minimum Gasteiger partial charge on any atom is -0.336 e. The number of hydrogen-bond acceptors (Lipinski definition) is 2. The summed E-state index contributed by atoms with van der Waals surface area (Å²) in [6.45, 7) is -0.0350. The number of rotatable bonds is 4. The van der Waals surface area contributed by atoms with Crippen LogP contribution in [0.25, 0.3) is 0 Å². The summed E-state index contributed by atoms with van der Waals surface area (Å²) in [4.78, 5) is 27.1. The lowest BCUT2D eigenvalue weighted by Crippen LogP contribution is -2.59. The van der Waals surface area contributed by atoms with Crippen molar-refractivity contribution in [2.45, 2.75) is 43.4 Å². The van der Waals surface area contributed by atoms with E-state index in [-0.39, 0.29) is 23.2 Å². The second-order valence-electron chi connectivity index (χ2n) is 8.70. The van der Waals surface area contributed by atoms with Gasteiger partial charge in [0, 0.05) is 11.9 Å². The fourth-order valence-electron chi connectivity index (χ4n) is 5.89. The van der Waals surface area contributed by atoms with Gasteiger partial charge in [0.2, 0.25) is 11.8 Å². The van der Waals surface area contributed by atoms with E-state index in [2.05, 4.69) is 5.32 Å². The van der Waals surface area contributed by atoms with Gasteiger partial charge in [-0.25, -0.2) is 0 Å². The van der Waals surface area contributed by atoms with Gasteiger partial charge in [-0.2, -0.15) is 0 Å². The van der Waals surface area contributed by atoms with Crippen molar-refractivity contribution < 1.29 is 9.59 Å². The second-order valence-corrected chi connectivity index (χ2v) is 10.3. The molecule has 146 valence electrons. The first kappa shape index (κ1) is 19.4. The third-order valence-corrected chi connectivity index (χ3v) is 7.47. The number of alkyl halides is 1. The number of carbonyl (C=O) groups excluding carboxylic acids is 2. The minimum atomic E-state index is -0.400. The van der Waals surface area contributed by atoms with Crippen LogP contribution in [0.15, 0.2) is 18.2 Å². The molecule has 1 aromatic carbocycles. The summed E-state index contributed by atoms with van der Waals surface area (Å²) in [6, 6.07) is 5.03. The average molecular weight is 430 g/mol. The van der Waals surface area contributed by atoms with Crippen LogP contribution in [0.3, 0.4) is 0 Å². The first-order chi connectivity index (χ1) is 12.7. The van der Waals surface area contributed by atoms with Crippen LogP contribution in [-0.4, -0.2) is 35.2 Å². The van der Waals surface area contributed by atoms with E-state index in [9.17, 15) is 9.59 Å². The van der Waals surface area contributed by atoms with Crippen LogP contribution < -0.4 is 5.32 Å². The molecule has 0 heterocycles. The van der Waals surface area contributed by atoms with Crippen LogP contribution >= 0.6 is 34.8 Å². The molecule has 2 amide bonds. The number of amides is 2. The number of anilines is 1. The monoisotopic (exact) mass is 428 g/mol. The van der Waals surface area contributed by atoms with Crippen LogP contribution in [-0.2, 0) is 9.59 Å². The number of nitrogens with zero attached hydrogens (tertiary/aromatic N) is 1. The zero-order valence-electron chi connectivity index (χ0n) is 15.2. The van der Waals surface area contributed by atoms with Gasteiger partial charge in [0.1, 0.15) is 0 Å². The molecule has 4 bridgehead atoms. The summed E-state index contributed by atoms with van der Waals surface area (Å²) in [6.07, 6.45) is 5.77. The van der Waals surface area contributed by atoms with Gasteiger partial charge in [-0.1, -0.05) is 29.3 Å². The lowest BCUT2D eigenvalue weighted by Gasteiger charge is -2.59. The highest BCUT2D eigenvalue weighted by Gasteiger charge is 2.60. The third kappa shape index (κ3) is 3.56. The fraction of sp³-hybridized carbons (Fsp3) is 0.600. The van der Waals surface area contributed by atoms with Crippen LogP contribution in [0.1, 0.15) is 38.5 Å². The predicted molar refractivity (Wildman–Crippen MR) is 108 cm³/mol. The molecule has 27 heavy (non-hydrogen) atoms. The summed E-state index contributed by atoms with van der Waals surface area (Å²) in [7, 11) is 1.69. The molecular formula is C20H23Cl3N2O2. The molecule has 1 N–H and O–H groups in total. The Hall–Kier alpha value is -0.970. The molecule has 0 radical (unpaired) electrons. The quantitative estimate of drug-likeness (QED) is 0.687. The fourth-order valence-corrected chi connectivity index (χ4v) is 7.07. The van der Waals surface area contributed by atoms with Gasteiger partial charge in [0.25, 0.3) is 0 Å². The summed E-state index contributed by atoms with van der Waals surface area (Å²) in [5.74, 6) is 0.807.